The zero-order chi connectivity index (χ0) is 22.4. The van der Waals surface area contributed by atoms with Gasteiger partial charge >= 0.3 is 0 Å². The van der Waals surface area contributed by atoms with Gasteiger partial charge in [0.2, 0.25) is 0 Å². The van der Waals surface area contributed by atoms with Gasteiger partial charge in [0, 0.05) is 16.9 Å². The van der Waals surface area contributed by atoms with Crippen LogP contribution in [0.15, 0.2) is 72.8 Å². The molecule has 0 radical (unpaired) electrons. The summed E-state index contributed by atoms with van der Waals surface area (Å²) in [4.78, 5) is 26.3. The molecule has 1 unspecified atom stereocenters. The van der Waals surface area contributed by atoms with E-state index in [1.165, 1.54) is 0 Å². The molecule has 31 heavy (non-hydrogen) atoms. The minimum absolute atomic E-state index is 0.112. The Balaban J connectivity index is 1.65. The summed E-state index contributed by atoms with van der Waals surface area (Å²) >= 11 is 0. The highest BCUT2D eigenvalue weighted by atomic mass is 16.2. The molecule has 3 rings (SSSR count). The van der Waals surface area contributed by atoms with Gasteiger partial charge in [0.1, 0.15) is 0 Å². The molecule has 0 saturated carbocycles. The van der Waals surface area contributed by atoms with Crippen molar-refractivity contribution in [1.29, 1.82) is 0 Å². The van der Waals surface area contributed by atoms with Gasteiger partial charge in [0.15, 0.2) is 12.6 Å². The smallest absolute Gasteiger partial charge is 0.282 e. The SMILES string of the molecule is Cc1cccc(C)c1NC(=O)C[NH+](C)[C@@H](C)C(=O)Nc1ccccc1-c1ccccc1. The molecule has 3 aromatic carbocycles. The molecule has 2 atom stereocenters. The number of rotatable bonds is 7. The summed E-state index contributed by atoms with van der Waals surface area (Å²) in [5.41, 5.74) is 5.66. The highest BCUT2D eigenvalue weighted by Crippen LogP contribution is 2.27. The predicted octanol–water partition coefficient (Wildman–Crippen LogP) is 3.45. The van der Waals surface area contributed by atoms with Crippen LogP contribution in [0.25, 0.3) is 11.1 Å². The Bertz CT molecular complexity index is 1040. The Morgan fingerprint density at radius 2 is 1.45 bits per heavy atom. The lowest BCUT2D eigenvalue weighted by Crippen LogP contribution is -3.14. The fraction of sp³-hybridized carbons (Fsp3) is 0.231. The fourth-order valence-corrected chi connectivity index (χ4v) is 3.53. The van der Waals surface area contributed by atoms with Gasteiger partial charge in [-0.1, -0.05) is 66.7 Å². The van der Waals surface area contributed by atoms with Gasteiger partial charge in [0.25, 0.3) is 11.8 Å². The lowest BCUT2D eigenvalue weighted by molar-refractivity contribution is -0.885. The Morgan fingerprint density at radius 1 is 0.839 bits per heavy atom. The third-order valence-corrected chi connectivity index (χ3v) is 5.59. The second-order valence-electron chi connectivity index (χ2n) is 7.96. The summed E-state index contributed by atoms with van der Waals surface area (Å²) < 4.78 is 0. The standard InChI is InChI=1S/C26H29N3O2/c1-18-11-10-12-19(2)25(18)28-24(30)17-29(4)20(3)26(31)27-23-16-9-8-15-22(23)21-13-6-5-7-14-21/h5-16,20H,17H2,1-4H3,(H,27,31)(H,28,30)/p+1/t20-/m0/s1. The topological polar surface area (TPSA) is 62.6 Å². The molecule has 0 aliphatic carbocycles. The number of benzene rings is 3. The van der Waals surface area contributed by atoms with Crippen LogP contribution in [0.2, 0.25) is 0 Å². The Labute approximate surface area is 184 Å². The molecule has 0 bridgehead atoms. The molecule has 0 heterocycles. The number of likely N-dealkylation sites (N-methyl/N-ethyl adjacent to an activating group) is 1. The molecule has 0 aliphatic heterocycles. The number of para-hydroxylation sites is 2. The van der Waals surface area contributed by atoms with Crippen LogP contribution in [0, 0.1) is 13.8 Å². The molecule has 3 aromatic rings. The van der Waals surface area contributed by atoms with Gasteiger partial charge in [-0.05, 0) is 43.5 Å². The first-order valence-corrected chi connectivity index (χ1v) is 10.5. The summed E-state index contributed by atoms with van der Waals surface area (Å²) in [6.07, 6.45) is 0. The van der Waals surface area contributed by atoms with Crippen LogP contribution in [0.5, 0.6) is 0 Å². The van der Waals surface area contributed by atoms with E-state index in [2.05, 4.69) is 10.6 Å². The molecule has 160 valence electrons. The number of quaternary nitrogens is 1. The molecule has 3 N–H and O–H groups in total. The maximum absolute atomic E-state index is 12.9. The van der Waals surface area contributed by atoms with Crippen molar-refractivity contribution in [3.63, 3.8) is 0 Å². The zero-order valence-electron chi connectivity index (χ0n) is 18.5. The van der Waals surface area contributed by atoms with Crippen molar-refractivity contribution >= 4 is 23.2 Å². The van der Waals surface area contributed by atoms with Crippen LogP contribution in [0.4, 0.5) is 11.4 Å². The first-order chi connectivity index (χ1) is 14.9. The molecule has 5 heteroatoms. The molecule has 0 aromatic heterocycles. The van der Waals surface area contributed by atoms with Gasteiger partial charge < -0.3 is 15.5 Å². The Kier molecular flexibility index (Phi) is 7.21. The van der Waals surface area contributed by atoms with Crippen LogP contribution >= 0.6 is 0 Å². The van der Waals surface area contributed by atoms with Crippen molar-refractivity contribution in [2.75, 3.05) is 24.2 Å². The maximum atomic E-state index is 12.9. The first-order valence-electron chi connectivity index (χ1n) is 10.5. The second kappa shape index (κ2) is 10.0. The number of hydrogen-bond donors (Lipinski definition) is 3. The average molecular weight is 417 g/mol. The van der Waals surface area contributed by atoms with Crippen LogP contribution in [0.1, 0.15) is 18.1 Å². The maximum Gasteiger partial charge on any atom is 0.282 e. The monoisotopic (exact) mass is 416 g/mol. The van der Waals surface area contributed by atoms with E-state index in [9.17, 15) is 9.59 Å². The lowest BCUT2D eigenvalue weighted by atomic mass is 10.0. The molecule has 5 nitrogen and oxygen atoms in total. The van der Waals surface area contributed by atoms with Crippen LogP contribution in [0.3, 0.4) is 0 Å². The van der Waals surface area contributed by atoms with Gasteiger partial charge in [-0.3, -0.25) is 9.59 Å². The first kappa shape index (κ1) is 22.2. The van der Waals surface area contributed by atoms with Crippen molar-refractivity contribution in [1.82, 2.24) is 0 Å². The number of nitrogens with one attached hydrogen (secondary N) is 3. The van der Waals surface area contributed by atoms with E-state index < -0.39 is 6.04 Å². The number of hydrogen-bond acceptors (Lipinski definition) is 2. The van der Waals surface area contributed by atoms with Crippen LogP contribution in [-0.4, -0.2) is 31.4 Å². The van der Waals surface area contributed by atoms with Crippen LogP contribution in [-0.2, 0) is 9.59 Å². The quantitative estimate of drug-likeness (QED) is 0.552. The molecule has 0 spiro atoms. The molecule has 2 amide bonds. The van der Waals surface area contributed by atoms with E-state index in [0.717, 1.165) is 38.5 Å². The van der Waals surface area contributed by atoms with E-state index in [-0.39, 0.29) is 18.4 Å². The number of carbonyl (C=O) groups excluding carboxylic acids is 2. The third kappa shape index (κ3) is 5.58. The van der Waals surface area contributed by atoms with E-state index >= 15 is 0 Å². The Hall–Kier alpha value is -3.44. The third-order valence-electron chi connectivity index (χ3n) is 5.59. The largest absolute Gasteiger partial charge is 0.321 e. The van der Waals surface area contributed by atoms with E-state index in [0.29, 0.717) is 0 Å². The minimum atomic E-state index is -0.396. The van der Waals surface area contributed by atoms with Gasteiger partial charge in [-0.2, -0.15) is 0 Å². The van der Waals surface area contributed by atoms with Crippen molar-refractivity contribution < 1.29 is 14.5 Å². The van der Waals surface area contributed by atoms with Gasteiger partial charge in [0.05, 0.1) is 7.05 Å². The normalized spacial score (nSPS) is 12.6. The summed E-state index contributed by atoms with van der Waals surface area (Å²) in [7, 11) is 1.86. The molecule has 0 saturated heterocycles. The fourth-order valence-electron chi connectivity index (χ4n) is 3.53. The van der Waals surface area contributed by atoms with Crippen molar-refractivity contribution in [2.45, 2.75) is 26.8 Å². The second-order valence-corrected chi connectivity index (χ2v) is 7.96. The van der Waals surface area contributed by atoms with Crippen molar-refractivity contribution in [3.8, 4) is 11.1 Å². The summed E-state index contributed by atoms with van der Waals surface area (Å²) in [6.45, 7) is 5.98. The number of anilines is 2. The summed E-state index contributed by atoms with van der Waals surface area (Å²) in [5, 5.41) is 6.03. The summed E-state index contributed by atoms with van der Waals surface area (Å²) in [6, 6.07) is 23.2. The van der Waals surface area contributed by atoms with Crippen molar-refractivity contribution in [2.24, 2.45) is 0 Å². The molecular weight excluding hydrogens is 386 g/mol. The van der Waals surface area contributed by atoms with Crippen molar-refractivity contribution in [3.05, 3.63) is 83.9 Å². The zero-order valence-corrected chi connectivity index (χ0v) is 18.5. The number of aryl methyl sites for hydroxylation is 2. The average Bonchev–Trinajstić information content (AvgIpc) is 2.76. The highest BCUT2D eigenvalue weighted by Gasteiger charge is 2.25. The lowest BCUT2D eigenvalue weighted by Gasteiger charge is -2.22. The summed E-state index contributed by atoms with van der Waals surface area (Å²) in [5.74, 6) is -0.236. The molecular formula is C26H30N3O2+. The van der Waals surface area contributed by atoms with Crippen LogP contribution < -0.4 is 15.5 Å². The molecule has 0 fully saturated rings. The number of carbonyl (C=O) groups is 2. The molecule has 0 aliphatic rings. The van der Waals surface area contributed by atoms with Gasteiger partial charge in [-0.15, -0.1) is 0 Å². The van der Waals surface area contributed by atoms with E-state index in [4.69, 9.17) is 0 Å². The van der Waals surface area contributed by atoms with E-state index in [1.807, 2.05) is 101 Å². The number of amides is 2. The predicted molar refractivity (Wildman–Crippen MR) is 126 cm³/mol. The van der Waals surface area contributed by atoms with Gasteiger partial charge in [-0.25, -0.2) is 0 Å². The Morgan fingerprint density at radius 3 is 2.13 bits per heavy atom. The van der Waals surface area contributed by atoms with E-state index in [1.54, 1.807) is 0 Å². The minimum Gasteiger partial charge on any atom is -0.321 e. The highest BCUT2D eigenvalue weighted by molar-refractivity contribution is 5.98.